The van der Waals surface area contributed by atoms with Gasteiger partial charge in [-0.05, 0) is 19.8 Å². The standard InChI is InChI=1S/C14H22N2O4/c1-4-20-11(17)8-15-9-14(13(15)19)6-5-7-16(14)12(18)10(2)3/h10H,4-9H2,1-3H3. The van der Waals surface area contributed by atoms with E-state index in [1.54, 1.807) is 11.8 Å². The van der Waals surface area contributed by atoms with Crippen LogP contribution in [0.1, 0.15) is 33.6 Å². The summed E-state index contributed by atoms with van der Waals surface area (Å²) in [5, 5.41) is 0. The number of carbonyl (C=O) groups is 3. The van der Waals surface area contributed by atoms with E-state index in [-0.39, 0.29) is 24.3 Å². The summed E-state index contributed by atoms with van der Waals surface area (Å²) in [5.74, 6) is -0.601. The Morgan fingerprint density at radius 1 is 1.40 bits per heavy atom. The number of carbonyl (C=O) groups excluding carboxylic acids is 3. The summed E-state index contributed by atoms with van der Waals surface area (Å²) in [6, 6.07) is 0. The fraction of sp³-hybridized carbons (Fsp3) is 0.786. The van der Waals surface area contributed by atoms with Crippen LogP contribution in [-0.4, -0.2) is 59.4 Å². The Morgan fingerprint density at radius 3 is 2.65 bits per heavy atom. The molecule has 2 heterocycles. The molecular weight excluding hydrogens is 260 g/mol. The van der Waals surface area contributed by atoms with E-state index in [9.17, 15) is 14.4 Å². The van der Waals surface area contributed by atoms with Crippen molar-refractivity contribution in [3.63, 3.8) is 0 Å². The van der Waals surface area contributed by atoms with Gasteiger partial charge in [-0.15, -0.1) is 0 Å². The first kappa shape index (κ1) is 14.8. The maximum absolute atomic E-state index is 12.4. The zero-order chi connectivity index (χ0) is 14.9. The van der Waals surface area contributed by atoms with Gasteiger partial charge in [-0.2, -0.15) is 0 Å². The van der Waals surface area contributed by atoms with Gasteiger partial charge in [-0.3, -0.25) is 14.4 Å². The van der Waals surface area contributed by atoms with Crippen molar-refractivity contribution in [1.82, 2.24) is 9.80 Å². The van der Waals surface area contributed by atoms with Crippen molar-refractivity contribution < 1.29 is 19.1 Å². The van der Waals surface area contributed by atoms with E-state index in [1.807, 2.05) is 13.8 Å². The zero-order valence-electron chi connectivity index (χ0n) is 12.3. The average molecular weight is 282 g/mol. The molecule has 20 heavy (non-hydrogen) atoms. The van der Waals surface area contributed by atoms with Crippen molar-refractivity contribution in [1.29, 1.82) is 0 Å². The number of likely N-dealkylation sites (tertiary alicyclic amines) is 2. The van der Waals surface area contributed by atoms with Crippen LogP contribution < -0.4 is 0 Å². The Kier molecular flexibility index (Phi) is 4.01. The lowest BCUT2D eigenvalue weighted by Gasteiger charge is -2.51. The summed E-state index contributed by atoms with van der Waals surface area (Å²) in [5.41, 5.74) is -0.687. The van der Waals surface area contributed by atoms with Crippen LogP contribution in [0.3, 0.4) is 0 Å². The summed E-state index contributed by atoms with van der Waals surface area (Å²) >= 11 is 0. The number of esters is 1. The molecule has 2 aliphatic heterocycles. The van der Waals surface area contributed by atoms with E-state index in [2.05, 4.69) is 0 Å². The molecule has 2 amide bonds. The van der Waals surface area contributed by atoms with E-state index in [4.69, 9.17) is 4.74 Å². The van der Waals surface area contributed by atoms with Crippen molar-refractivity contribution in [2.75, 3.05) is 26.2 Å². The first-order valence-electron chi connectivity index (χ1n) is 7.19. The fourth-order valence-corrected chi connectivity index (χ4v) is 3.05. The number of β-lactam (4-membered cyclic amide) rings is 1. The molecular formula is C14H22N2O4. The first-order chi connectivity index (χ1) is 9.42. The highest BCUT2D eigenvalue weighted by Crippen LogP contribution is 2.39. The highest BCUT2D eigenvalue weighted by Gasteiger charge is 2.59. The maximum atomic E-state index is 12.4. The molecule has 0 bridgehead atoms. The summed E-state index contributed by atoms with van der Waals surface area (Å²) < 4.78 is 4.85. The third-order valence-electron chi connectivity index (χ3n) is 4.01. The Labute approximate surface area is 119 Å². The van der Waals surface area contributed by atoms with E-state index in [0.717, 1.165) is 6.42 Å². The molecule has 2 aliphatic rings. The van der Waals surface area contributed by atoms with Gasteiger partial charge >= 0.3 is 5.97 Å². The van der Waals surface area contributed by atoms with Crippen LogP contribution in [0.5, 0.6) is 0 Å². The van der Waals surface area contributed by atoms with Crippen LogP contribution in [0.2, 0.25) is 0 Å². The molecule has 0 radical (unpaired) electrons. The second kappa shape index (κ2) is 5.42. The van der Waals surface area contributed by atoms with Crippen LogP contribution in [0.4, 0.5) is 0 Å². The minimum Gasteiger partial charge on any atom is -0.465 e. The van der Waals surface area contributed by atoms with Crippen molar-refractivity contribution in [3.8, 4) is 0 Å². The van der Waals surface area contributed by atoms with Gasteiger partial charge in [0.1, 0.15) is 12.1 Å². The molecule has 112 valence electrons. The minimum atomic E-state index is -0.687. The Bertz CT molecular complexity index is 435. The number of ether oxygens (including phenoxy) is 1. The molecule has 1 atom stereocenters. The quantitative estimate of drug-likeness (QED) is 0.553. The van der Waals surface area contributed by atoms with Crippen molar-refractivity contribution in [3.05, 3.63) is 0 Å². The van der Waals surface area contributed by atoms with Crippen LogP contribution in [-0.2, 0) is 19.1 Å². The number of hydrogen-bond acceptors (Lipinski definition) is 4. The van der Waals surface area contributed by atoms with Crippen molar-refractivity contribution in [2.45, 2.75) is 39.2 Å². The molecule has 0 saturated carbocycles. The molecule has 2 saturated heterocycles. The number of rotatable bonds is 4. The summed E-state index contributed by atoms with van der Waals surface area (Å²) in [7, 11) is 0. The third-order valence-corrected chi connectivity index (χ3v) is 4.01. The minimum absolute atomic E-state index is 0.0157. The maximum Gasteiger partial charge on any atom is 0.325 e. The van der Waals surface area contributed by atoms with Gasteiger partial charge < -0.3 is 14.5 Å². The molecule has 6 nitrogen and oxygen atoms in total. The predicted octanol–water partition coefficient (Wildman–Crippen LogP) is 0.409. The molecule has 0 aromatic carbocycles. The second-order valence-electron chi connectivity index (χ2n) is 5.75. The van der Waals surface area contributed by atoms with Gasteiger partial charge in [0.25, 0.3) is 5.91 Å². The lowest BCUT2D eigenvalue weighted by Crippen LogP contribution is -2.73. The lowest BCUT2D eigenvalue weighted by molar-refractivity contribution is -0.172. The molecule has 1 unspecified atom stereocenters. The van der Waals surface area contributed by atoms with E-state index in [0.29, 0.717) is 26.1 Å². The topological polar surface area (TPSA) is 66.9 Å². The number of nitrogens with zero attached hydrogens (tertiary/aromatic N) is 2. The van der Waals surface area contributed by atoms with Gasteiger partial charge in [0, 0.05) is 12.5 Å². The van der Waals surface area contributed by atoms with E-state index >= 15 is 0 Å². The average Bonchev–Trinajstić information content (AvgIpc) is 2.83. The second-order valence-corrected chi connectivity index (χ2v) is 5.75. The third kappa shape index (κ3) is 2.27. The van der Waals surface area contributed by atoms with Crippen LogP contribution in [0.15, 0.2) is 0 Å². The summed E-state index contributed by atoms with van der Waals surface area (Å²) in [6.07, 6.45) is 1.54. The summed E-state index contributed by atoms with van der Waals surface area (Å²) in [6.45, 7) is 6.79. The lowest BCUT2D eigenvalue weighted by atomic mass is 9.85. The Balaban J connectivity index is 2.02. The van der Waals surface area contributed by atoms with Gasteiger partial charge in [0.2, 0.25) is 5.91 Å². The van der Waals surface area contributed by atoms with Crippen molar-refractivity contribution in [2.24, 2.45) is 5.92 Å². The molecule has 2 fully saturated rings. The first-order valence-corrected chi connectivity index (χ1v) is 7.19. The molecule has 1 spiro atoms. The van der Waals surface area contributed by atoms with E-state index < -0.39 is 11.5 Å². The molecule has 0 aliphatic carbocycles. The highest BCUT2D eigenvalue weighted by atomic mass is 16.5. The van der Waals surface area contributed by atoms with Gasteiger partial charge in [-0.1, -0.05) is 13.8 Å². The van der Waals surface area contributed by atoms with Gasteiger partial charge in [0.15, 0.2) is 0 Å². The van der Waals surface area contributed by atoms with Crippen LogP contribution in [0.25, 0.3) is 0 Å². The SMILES string of the molecule is CCOC(=O)CN1CC2(CCCN2C(=O)C(C)C)C1=O. The predicted molar refractivity (Wildman–Crippen MR) is 71.7 cm³/mol. The fourth-order valence-electron chi connectivity index (χ4n) is 3.05. The number of amides is 2. The largest absolute Gasteiger partial charge is 0.465 e. The zero-order valence-corrected chi connectivity index (χ0v) is 12.3. The van der Waals surface area contributed by atoms with Gasteiger partial charge in [-0.25, -0.2) is 0 Å². The molecule has 0 aromatic heterocycles. The van der Waals surface area contributed by atoms with Crippen molar-refractivity contribution >= 4 is 17.8 Å². The Morgan fingerprint density at radius 2 is 2.10 bits per heavy atom. The monoisotopic (exact) mass is 282 g/mol. The summed E-state index contributed by atoms with van der Waals surface area (Å²) in [4.78, 5) is 39.2. The van der Waals surface area contributed by atoms with Gasteiger partial charge in [0.05, 0.1) is 13.2 Å². The smallest absolute Gasteiger partial charge is 0.325 e. The van der Waals surface area contributed by atoms with Crippen LogP contribution in [0, 0.1) is 5.92 Å². The molecule has 0 aromatic rings. The normalized spacial score (nSPS) is 25.3. The van der Waals surface area contributed by atoms with Crippen LogP contribution >= 0.6 is 0 Å². The molecule has 2 rings (SSSR count). The molecule has 0 N–H and O–H groups in total. The Hall–Kier alpha value is -1.59. The molecule has 6 heteroatoms. The number of hydrogen-bond donors (Lipinski definition) is 0. The highest BCUT2D eigenvalue weighted by molar-refractivity contribution is 5.99. The van der Waals surface area contributed by atoms with E-state index in [1.165, 1.54) is 4.90 Å².